The van der Waals surface area contributed by atoms with Crippen LogP contribution in [0, 0.1) is 6.92 Å². The molecule has 1 atom stereocenters. The minimum atomic E-state index is -0.242. The first-order valence-corrected chi connectivity index (χ1v) is 9.16. The molecule has 2 aromatic carbocycles. The van der Waals surface area contributed by atoms with Crippen LogP contribution in [-0.4, -0.2) is 38.6 Å². The summed E-state index contributed by atoms with van der Waals surface area (Å²) in [7, 11) is 1.74. The maximum absolute atomic E-state index is 12.5. The van der Waals surface area contributed by atoms with Gasteiger partial charge in [-0.1, -0.05) is 24.3 Å². The molecule has 1 heterocycles. The van der Waals surface area contributed by atoms with E-state index in [1.54, 1.807) is 29.9 Å². The fraction of sp³-hybridized carbons (Fsp3) is 0.250. The maximum atomic E-state index is 12.5. The molecule has 0 aliphatic heterocycles. The van der Waals surface area contributed by atoms with Gasteiger partial charge < -0.3 is 10.6 Å². The lowest BCUT2D eigenvalue weighted by molar-refractivity contribution is -0.115. The third-order valence-corrected chi connectivity index (χ3v) is 4.41. The molecule has 0 spiro atoms. The summed E-state index contributed by atoms with van der Waals surface area (Å²) in [6.45, 7) is 3.82. The molecule has 0 aliphatic carbocycles. The number of benzene rings is 2. The topological polar surface area (TPSA) is 114 Å². The van der Waals surface area contributed by atoms with Crippen LogP contribution in [-0.2, 0) is 11.8 Å². The van der Waals surface area contributed by atoms with Crippen molar-refractivity contribution in [3.05, 3.63) is 65.5 Å². The smallest absolute Gasteiger partial charge is 0.255 e. The molecule has 150 valence electrons. The molecule has 0 unspecified atom stereocenters. The number of nitrogens with one attached hydrogen (secondary N) is 3. The third-order valence-electron chi connectivity index (χ3n) is 4.41. The van der Waals surface area contributed by atoms with Gasteiger partial charge in [-0.15, -0.1) is 5.10 Å². The summed E-state index contributed by atoms with van der Waals surface area (Å²) in [5.74, 6) is 0.164. The van der Waals surface area contributed by atoms with Gasteiger partial charge in [0.1, 0.15) is 0 Å². The molecule has 29 heavy (non-hydrogen) atoms. The molecule has 3 aromatic rings. The Hall–Kier alpha value is -3.59. The molecule has 2 amide bonds. The van der Waals surface area contributed by atoms with E-state index in [2.05, 4.69) is 31.5 Å². The van der Waals surface area contributed by atoms with Crippen molar-refractivity contribution < 1.29 is 9.59 Å². The van der Waals surface area contributed by atoms with Crippen LogP contribution < -0.4 is 16.0 Å². The van der Waals surface area contributed by atoms with Gasteiger partial charge in [-0.2, -0.15) is 0 Å². The normalized spacial score (nSPS) is 11.7. The predicted molar refractivity (Wildman–Crippen MR) is 109 cm³/mol. The van der Waals surface area contributed by atoms with Crippen molar-refractivity contribution in [2.24, 2.45) is 7.05 Å². The molecule has 3 rings (SSSR count). The Morgan fingerprint density at radius 2 is 1.86 bits per heavy atom. The number of para-hydroxylation sites is 1. The molecule has 0 aliphatic rings. The van der Waals surface area contributed by atoms with E-state index in [1.165, 1.54) is 0 Å². The largest absolute Gasteiger partial charge is 0.325 e. The Labute approximate surface area is 168 Å². The zero-order valence-electron chi connectivity index (χ0n) is 16.5. The van der Waals surface area contributed by atoms with Gasteiger partial charge in [-0.3, -0.25) is 14.9 Å². The Morgan fingerprint density at radius 3 is 2.55 bits per heavy atom. The van der Waals surface area contributed by atoms with Crippen LogP contribution in [0.1, 0.15) is 34.7 Å². The standard InChI is InChI=1S/C20H23N7O2/c1-13-9-10-15(20(29)22-16-7-5-4-6-8-16)11-17(13)23-18(28)12-21-14(2)19-24-25-26-27(19)3/h4-11,14,21H,12H2,1-3H3,(H,22,29)(H,23,28)/t14-/m1/s1. The van der Waals surface area contributed by atoms with Gasteiger partial charge in [0, 0.05) is 24.0 Å². The Balaban J connectivity index is 1.61. The summed E-state index contributed by atoms with van der Waals surface area (Å²) in [6, 6.07) is 14.2. The van der Waals surface area contributed by atoms with Crippen molar-refractivity contribution in [2.75, 3.05) is 17.2 Å². The first-order chi connectivity index (χ1) is 13.9. The van der Waals surface area contributed by atoms with Gasteiger partial charge in [-0.05, 0) is 54.1 Å². The molecular formula is C20H23N7O2. The van der Waals surface area contributed by atoms with E-state index in [-0.39, 0.29) is 24.4 Å². The summed E-state index contributed by atoms with van der Waals surface area (Å²) in [4.78, 5) is 24.8. The van der Waals surface area contributed by atoms with Gasteiger partial charge in [-0.25, -0.2) is 4.68 Å². The average molecular weight is 393 g/mol. The van der Waals surface area contributed by atoms with Crippen molar-refractivity contribution in [1.29, 1.82) is 0 Å². The van der Waals surface area contributed by atoms with E-state index in [1.807, 2.05) is 44.2 Å². The molecule has 9 nitrogen and oxygen atoms in total. The number of amides is 2. The lowest BCUT2D eigenvalue weighted by atomic mass is 10.1. The number of carbonyl (C=O) groups is 2. The number of hydrogen-bond acceptors (Lipinski definition) is 6. The molecule has 1 aromatic heterocycles. The Bertz CT molecular complexity index is 1000. The highest BCUT2D eigenvalue weighted by atomic mass is 16.2. The Kier molecular flexibility index (Phi) is 6.30. The molecule has 0 radical (unpaired) electrons. The second-order valence-electron chi connectivity index (χ2n) is 6.66. The van der Waals surface area contributed by atoms with Crippen molar-refractivity contribution in [1.82, 2.24) is 25.5 Å². The second-order valence-corrected chi connectivity index (χ2v) is 6.66. The van der Waals surface area contributed by atoms with Crippen LogP contribution in [0.3, 0.4) is 0 Å². The zero-order valence-corrected chi connectivity index (χ0v) is 16.5. The minimum Gasteiger partial charge on any atom is -0.325 e. The van der Waals surface area contributed by atoms with Crippen molar-refractivity contribution in [3.8, 4) is 0 Å². The third kappa shape index (κ3) is 5.23. The number of anilines is 2. The highest BCUT2D eigenvalue weighted by Crippen LogP contribution is 2.18. The maximum Gasteiger partial charge on any atom is 0.255 e. The molecule has 0 saturated heterocycles. The van der Waals surface area contributed by atoms with Crippen molar-refractivity contribution in [2.45, 2.75) is 19.9 Å². The van der Waals surface area contributed by atoms with Gasteiger partial charge >= 0.3 is 0 Å². The van der Waals surface area contributed by atoms with E-state index in [4.69, 9.17) is 0 Å². The van der Waals surface area contributed by atoms with Gasteiger partial charge in [0.25, 0.3) is 5.91 Å². The van der Waals surface area contributed by atoms with Crippen LogP contribution in [0.5, 0.6) is 0 Å². The number of tetrazole rings is 1. The van der Waals surface area contributed by atoms with E-state index < -0.39 is 0 Å². The molecule has 0 bridgehead atoms. The van der Waals surface area contributed by atoms with Crippen LogP contribution in [0.4, 0.5) is 11.4 Å². The lowest BCUT2D eigenvalue weighted by Crippen LogP contribution is -2.31. The first-order valence-electron chi connectivity index (χ1n) is 9.16. The molecule has 9 heteroatoms. The molecule has 0 fully saturated rings. The number of carbonyl (C=O) groups excluding carboxylic acids is 2. The van der Waals surface area contributed by atoms with Gasteiger partial charge in [0.05, 0.1) is 12.6 Å². The molecular weight excluding hydrogens is 370 g/mol. The summed E-state index contributed by atoms with van der Waals surface area (Å²) in [5.41, 5.74) is 2.62. The fourth-order valence-corrected chi connectivity index (χ4v) is 2.76. The van der Waals surface area contributed by atoms with Crippen LogP contribution in [0.25, 0.3) is 0 Å². The Morgan fingerprint density at radius 1 is 1.10 bits per heavy atom. The monoisotopic (exact) mass is 393 g/mol. The summed E-state index contributed by atoms with van der Waals surface area (Å²) in [5, 5.41) is 20.0. The SMILES string of the molecule is Cc1ccc(C(=O)Nc2ccccc2)cc1NC(=O)CN[C@H](C)c1nnnn1C. The number of hydrogen-bond donors (Lipinski definition) is 3. The number of aromatic nitrogens is 4. The zero-order chi connectivity index (χ0) is 20.8. The van der Waals surface area contributed by atoms with Crippen molar-refractivity contribution >= 4 is 23.2 Å². The van der Waals surface area contributed by atoms with Gasteiger partial charge in [0.2, 0.25) is 5.91 Å². The fourth-order valence-electron chi connectivity index (χ4n) is 2.76. The van der Waals surface area contributed by atoms with Crippen LogP contribution in [0.2, 0.25) is 0 Å². The first kappa shape index (κ1) is 20.2. The lowest BCUT2D eigenvalue weighted by Gasteiger charge is -2.14. The summed E-state index contributed by atoms with van der Waals surface area (Å²) >= 11 is 0. The van der Waals surface area contributed by atoms with E-state index in [9.17, 15) is 9.59 Å². The second kappa shape index (κ2) is 9.07. The number of aryl methyl sites for hydroxylation is 2. The van der Waals surface area contributed by atoms with E-state index in [0.29, 0.717) is 22.8 Å². The summed E-state index contributed by atoms with van der Waals surface area (Å²) < 4.78 is 1.55. The number of nitrogens with zero attached hydrogens (tertiary/aromatic N) is 4. The van der Waals surface area contributed by atoms with Crippen LogP contribution in [0.15, 0.2) is 48.5 Å². The van der Waals surface area contributed by atoms with Crippen LogP contribution >= 0.6 is 0 Å². The average Bonchev–Trinajstić information content (AvgIpc) is 3.14. The molecule has 0 saturated carbocycles. The highest BCUT2D eigenvalue weighted by Gasteiger charge is 2.14. The van der Waals surface area contributed by atoms with Gasteiger partial charge in [0.15, 0.2) is 5.82 Å². The minimum absolute atomic E-state index is 0.0773. The number of rotatable bonds is 7. The highest BCUT2D eigenvalue weighted by molar-refractivity contribution is 6.05. The molecule has 3 N–H and O–H groups in total. The van der Waals surface area contributed by atoms with E-state index in [0.717, 1.165) is 5.56 Å². The van der Waals surface area contributed by atoms with E-state index >= 15 is 0 Å². The summed E-state index contributed by atoms with van der Waals surface area (Å²) in [6.07, 6.45) is 0. The van der Waals surface area contributed by atoms with Crippen molar-refractivity contribution in [3.63, 3.8) is 0 Å². The predicted octanol–water partition coefficient (Wildman–Crippen LogP) is 2.06. The quantitative estimate of drug-likeness (QED) is 0.566.